The highest BCUT2D eigenvalue weighted by atomic mass is 35.5. The number of aromatic nitrogens is 2. The quantitative estimate of drug-likeness (QED) is 0.809. The smallest absolute Gasteiger partial charge is 0.249 e. The van der Waals surface area contributed by atoms with Crippen LogP contribution in [0.15, 0.2) is 36.5 Å². The number of carbonyl (C=O) groups excluding carboxylic acids is 1. The van der Waals surface area contributed by atoms with Gasteiger partial charge in [-0.25, -0.2) is 4.68 Å². The average molecular weight is 379 g/mol. The van der Waals surface area contributed by atoms with Crippen molar-refractivity contribution in [2.75, 3.05) is 6.54 Å². The third-order valence-electron chi connectivity index (χ3n) is 4.51. The summed E-state index contributed by atoms with van der Waals surface area (Å²) in [5, 5.41) is 7.69. The first-order chi connectivity index (χ1) is 12.1. The lowest BCUT2D eigenvalue weighted by atomic mass is 10.1. The minimum absolute atomic E-state index is 0. The van der Waals surface area contributed by atoms with Gasteiger partial charge in [0.05, 0.1) is 17.5 Å². The number of halogens is 1. The summed E-state index contributed by atoms with van der Waals surface area (Å²) in [7, 11) is 0. The fourth-order valence-corrected chi connectivity index (χ4v) is 3.13. The molecule has 3 N–H and O–H groups in total. The summed E-state index contributed by atoms with van der Waals surface area (Å²) in [5.41, 5.74) is 8.64. The molecule has 1 fully saturated rings. The molecule has 2 heterocycles. The predicted molar refractivity (Wildman–Crippen MR) is 104 cm³/mol. The Kier molecular flexibility index (Phi) is 7.20. The van der Waals surface area contributed by atoms with Crippen molar-refractivity contribution in [1.82, 2.24) is 15.1 Å². The van der Waals surface area contributed by atoms with Crippen LogP contribution in [0.5, 0.6) is 0 Å². The van der Waals surface area contributed by atoms with Crippen LogP contribution in [0.25, 0.3) is 5.69 Å². The largest absolute Gasteiger partial charge is 0.364 e. The number of hydrogen-bond donors (Lipinski definition) is 2. The molecule has 7 heteroatoms. The van der Waals surface area contributed by atoms with Crippen LogP contribution in [0.4, 0.5) is 0 Å². The second-order valence-corrected chi connectivity index (χ2v) is 6.75. The van der Waals surface area contributed by atoms with Gasteiger partial charge < -0.3 is 15.8 Å². The van der Waals surface area contributed by atoms with Crippen LogP contribution in [-0.2, 0) is 16.1 Å². The first kappa shape index (κ1) is 20.4. The Hall–Kier alpha value is -1.89. The summed E-state index contributed by atoms with van der Waals surface area (Å²) in [6.07, 6.45) is 3.18. The van der Waals surface area contributed by atoms with E-state index in [0.717, 1.165) is 29.8 Å². The fraction of sp³-hybridized carbons (Fsp3) is 0.474. The van der Waals surface area contributed by atoms with Crippen molar-refractivity contribution in [2.45, 2.75) is 51.4 Å². The zero-order valence-electron chi connectivity index (χ0n) is 15.2. The van der Waals surface area contributed by atoms with Crippen molar-refractivity contribution in [1.29, 1.82) is 0 Å². The van der Waals surface area contributed by atoms with Crippen LogP contribution >= 0.6 is 12.4 Å². The minimum atomic E-state index is -0.389. The van der Waals surface area contributed by atoms with Gasteiger partial charge >= 0.3 is 0 Å². The van der Waals surface area contributed by atoms with E-state index in [4.69, 9.17) is 15.6 Å². The third-order valence-corrected chi connectivity index (χ3v) is 4.51. The van der Waals surface area contributed by atoms with E-state index in [2.05, 4.69) is 19.2 Å². The molecule has 2 atom stereocenters. The number of hydrogen-bond acceptors (Lipinski definition) is 4. The van der Waals surface area contributed by atoms with Gasteiger partial charge in [0.2, 0.25) is 5.91 Å². The van der Waals surface area contributed by atoms with Crippen LogP contribution < -0.4 is 11.1 Å². The summed E-state index contributed by atoms with van der Waals surface area (Å²) >= 11 is 0. The van der Waals surface area contributed by atoms with Crippen LogP contribution in [0.3, 0.4) is 0 Å². The van der Waals surface area contributed by atoms with Crippen molar-refractivity contribution in [3.05, 3.63) is 47.8 Å². The monoisotopic (exact) mass is 378 g/mol. The van der Waals surface area contributed by atoms with Crippen LogP contribution in [0.1, 0.15) is 43.9 Å². The number of amides is 1. The lowest BCUT2D eigenvalue weighted by Crippen LogP contribution is -2.35. The maximum Gasteiger partial charge on any atom is 0.249 e. The lowest BCUT2D eigenvalue weighted by molar-refractivity contribution is -0.132. The molecule has 0 aliphatic carbocycles. The number of ether oxygens (including phenoxy) is 1. The van der Waals surface area contributed by atoms with E-state index in [-0.39, 0.29) is 36.4 Å². The van der Waals surface area contributed by atoms with E-state index < -0.39 is 0 Å². The van der Waals surface area contributed by atoms with Gasteiger partial charge in [-0.1, -0.05) is 32.0 Å². The second-order valence-electron chi connectivity index (χ2n) is 6.75. The molecule has 2 aromatic rings. The summed E-state index contributed by atoms with van der Waals surface area (Å²) in [5.74, 6) is 0.208. The maximum atomic E-state index is 12.3. The fourth-order valence-electron chi connectivity index (χ4n) is 3.13. The standard InChI is InChI=1S/C19H26N4O2.ClH/c1-13(2)18-14(12-23(22-18)15-6-4-3-5-7-15)11-21-19(24)17-9-8-16(10-20)25-17;/h3-7,12-13,16-17H,8-11,20H2,1-2H3,(H,21,24);1H/t16-,17+;/m1./s1. The van der Waals surface area contributed by atoms with Gasteiger partial charge in [-0.3, -0.25) is 4.79 Å². The van der Waals surface area contributed by atoms with Gasteiger partial charge in [0.25, 0.3) is 0 Å². The SMILES string of the molecule is CC(C)c1nn(-c2ccccc2)cc1CNC(=O)[C@@H]1CC[C@H](CN)O1.Cl. The molecule has 1 aliphatic rings. The molecule has 0 unspecified atom stereocenters. The van der Waals surface area contributed by atoms with Crippen LogP contribution in [0, 0.1) is 0 Å². The minimum Gasteiger partial charge on any atom is -0.364 e. The third kappa shape index (κ3) is 4.63. The number of para-hydroxylation sites is 1. The van der Waals surface area contributed by atoms with Crippen LogP contribution in [0.2, 0.25) is 0 Å². The summed E-state index contributed by atoms with van der Waals surface area (Å²) < 4.78 is 7.52. The Bertz CT molecular complexity index is 718. The topological polar surface area (TPSA) is 82.2 Å². The second kappa shape index (κ2) is 9.16. The molecule has 1 amide bonds. The molecule has 6 nitrogen and oxygen atoms in total. The van der Waals surface area contributed by atoms with Gasteiger partial charge in [0.15, 0.2) is 0 Å². The molecular weight excluding hydrogens is 352 g/mol. The molecule has 0 spiro atoms. The van der Waals surface area contributed by atoms with E-state index in [1.165, 1.54) is 0 Å². The Morgan fingerprint density at radius 2 is 2.08 bits per heavy atom. The Morgan fingerprint density at radius 1 is 1.35 bits per heavy atom. The number of rotatable bonds is 6. The van der Waals surface area contributed by atoms with Crippen molar-refractivity contribution in [3.8, 4) is 5.69 Å². The highest BCUT2D eigenvalue weighted by molar-refractivity contribution is 5.85. The van der Waals surface area contributed by atoms with Gasteiger partial charge in [-0.15, -0.1) is 12.4 Å². The number of nitrogens with two attached hydrogens (primary N) is 1. The van der Waals surface area contributed by atoms with Crippen molar-refractivity contribution in [2.24, 2.45) is 5.73 Å². The number of benzene rings is 1. The van der Waals surface area contributed by atoms with E-state index in [9.17, 15) is 4.79 Å². The molecular formula is C19H27ClN4O2. The highest BCUT2D eigenvalue weighted by Gasteiger charge is 2.29. The van der Waals surface area contributed by atoms with E-state index in [1.54, 1.807) is 0 Å². The van der Waals surface area contributed by atoms with E-state index in [1.807, 2.05) is 41.2 Å². The van der Waals surface area contributed by atoms with Gasteiger partial charge in [0.1, 0.15) is 6.10 Å². The highest BCUT2D eigenvalue weighted by Crippen LogP contribution is 2.21. The molecule has 1 aromatic carbocycles. The van der Waals surface area contributed by atoms with Crippen molar-refractivity contribution >= 4 is 18.3 Å². The lowest BCUT2D eigenvalue weighted by Gasteiger charge is -2.13. The molecule has 1 saturated heterocycles. The first-order valence-electron chi connectivity index (χ1n) is 8.85. The van der Waals surface area contributed by atoms with Crippen molar-refractivity contribution in [3.63, 3.8) is 0 Å². The predicted octanol–water partition coefficient (Wildman–Crippen LogP) is 2.54. The summed E-state index contributed by atoms with van der Waals surface area (Å²) in [6.45, 7) is 5.13. The summed E-state index contributed by atoms with van der Waals surface area (Å²) in [4.78, 5) is 12.3. The van der Waals surface area contributed by atoms with Crippen LogP contribution in [-0.4, -0.2) is 34.4 Å². The normalized spacial score (nSPS) is 19.4. The Labute approximate surface area is 160 Å². The molecule has 3 rings (SSSR count). The van der Waals surface area contributed by atoms with Gasteiger partial charge in [-0.05, 0) is 30.9 Å². The molecule has 0 bridgehead atoms. The zero-order chi connectivity index (χ0) is 17.8. The number of nitrogens with one attached hydrogen (secondary N) is 1. The van der Waals surface area contributed by atoms with E-state index in [0.29, 0.717) is 13.1 Å². The number of carbonyl (C=O) groups is 1. The van der Waals surface area contributed by atoms with E-state index >= 15 is 0 Å². The van der Waals surface area contributed by atoms with Gasteiger partial charge in [-0.2, -0.15) is 5.10 Å². The molecule has 1 aromatic heterocycles. The molecule has 0 saturated carbocycles. The average Bonchev–Trinajstić information content (AvgIpc) is 3.27. The number of nitrogens with zero attached hydrogens (tertiary/aromatic N) is 2. The molecule has 0 radical (unpaired) electrons. The van der Waals surface area contributed by atoms with Gasteiger partial charge in [0, 0.05) is 24.8 Å². The maximum absolute atomic E-state index is 12.3. The Balaban J connectivity index is 0.00000243. The Morgan fingerprint density at radius 3 is 2.69 bits per heavy atom. The summed E-state index contributed by atoms with van der Waals surface area (Å²) in [6, 6.07) is 9.98. The zero-order valence-corrected chi connectivity index (χ0v) is 16.0. The van der Waals surface area contributed by atoms with Crippen molar-refractivity contribution < 1.29 is 9.53 Å². The molecule has 26 heavy (non-hydrogen) atoms. The molecule has 1 aliphatic heterocycles. The first-order valence-corrected chi connectivity index (χ1v) is 8.85. The molecule has 142 valence electrons.